The number of hydrogen-bond acceptors (Lipinski definition) is 5. The van der Waals surface area contributed by atoms with Gasteiger partial charge in [0.25, 0.3) is 0 Å². The quantitative estimate of drug-likeness (QED) is 0.301. The predicted molar refractivity (Wildman–Crippen MR) is 82.3 cm³/mol. The molecule has 0 aliphatic carbocycles. The van der Waals surface area contributed by atoms with Crippen LogP contribution in [0.1, 0.15) is 32.3 Å². The summed E-state index contributed by atoms with van der Waals surface area (Å²) in [6.07, 6.45) is 2.07. The van der Waals surface area contributed by atoms with Crippen LogP contribution in [-0.2, 0) is 11.2 Å². The summed E-state index contributed by atoms with van der Waals surface area (Å²) in [4.78, 5) is 0. The van der Waals surface area contributed by atoms with E-state index in [1.165, 1.54) is 0 Å². The zero-order valence-corrected chi connectivity index (χ0v) is 12.8. The van der Waals surface area contributed by atoms with Gasteiger partial charge in [-0.25, -0.2) is 0 Å². The van der Waals surface area contributed by atoms with E-state index in [1.54, 1.807) is 6.92 Å². The van der Waals surface area contributed by atoms with Crippen LogP contribution < -0.4 is 4.74 Å². The van der Waals surface area contributed by atoms with Crippen LogP contribution in [0, 0.1) is 0 Å². The molecular weight excluding hydrogens is 270 g/mol. The molecule has 0 fully saturated rings. The minimum Gasteiger partial charge on any atom is -0.491 e. The van der Waals surface area contributed by atoms with Gasteiger partial charge in [-0.1, -0.05) is 30.6 Å². The van der Waals surface area contributed by atoms with Gasteiger partial charge >= 0.3 is 0 Å². The summed E-state index contributed by atoms with van der Waals surface area (Å²) < 4.78 is 10.8. The van der Waals surface area contributed by atoms with Crippen molar-refractivity contribution in [1.29, 1.82) is 0 Å². The van der Waals surface area contributed by atoms with E-state index in [4.69, 9.17) is 14.7 Å². The fourth-order valence-electron chi connectivity index (χ4n) is 1.74. The molecule has 1 atom stereocenters. The van der Waals surface area contributed by atoms with Gasteiger partial charge in [-0.3, -0.25) is 0 Å². The van der Waals surface area contributed by atoms with Crippen molar-refractivity contribution in [2.75, 3.05) is 19.8 Å². The van der Waals surface area contributed by atoms with Crippen LogP contribution in [-0.4, -0.2) is 42.0 Å². The van der Waals surface area contributed by atoms with Gasteiger partial charge in [0.15, 0.2) is 0 Å². The molecule has 0 saturated heterocycles. The van der Waals surface area contributed by atoms with Gasteiger partial charge in [-0.15, -0.1) is 0 Å². The lowest BCUT2D eigenvalue weighted by molar-refractivity contribution is 0.0113. The Balaban J connectivity index is 2.28. The standard InChI is InChI=1S/C16H25NO4/c1-3-4-9-20-11-15(18)12-21-16-7-5-14(6-8-16)10-13(2)17-19/h5-8,15,18-19H,3-4,9-12H2,1-2H3/b17-13+. The Bertz CT molecular complexity index is 417. The molecule has 1 unspecified atom stereocenters. The third kappa shape index (κ3) is 7.68. The lowest BCUT2D eigenvalue weighted by Crippen LogP contribution is -2.23. The van der Waals surface area contributed by atoms with Crippen LogP contribution in [0.3, 0.4) is 0 Å². The van der Waals surface area contributed by atoms with E-state index in [0.717, 1.165) is 18.4 Å². The maximum Gasteiger partial charge on any atom is 0.119 e. The summed E-state index contributed by atoms with van der Waals surface area (Å²) >= 11 is 0. The van der Waals surface area contributed by atoms with Crippen molar-refractivity contribution in [2.45, 2.75) is 39.2 Å². The molecule has 118 valence electrons. The summed E-state index contributed by atoms with van der Waals surface area (Å²) in [6.45, 7) is 5.04. The first-order valence-electron chi connectivity index (χ1n) is 7.30. The van der Waals surface area contributed by atoms with Crippen LogP contribution in [0.4, 0.5) is 0 Å². The van der Waals surface area contributed by atoms with Crippen LogP contribution in [0.25, 0.3) is 0 Å². The maximum atomic E-state index is 9.72. The molecule has 5 nitrogen and oxygen atoms in total. The van der Waals surface area contributed by atoms with Crippen molar-refractivity contribution < 1.29 is 19.8 Å². The second kappa shape index (κ2) is 10.2. The van der Waals surface area contributed by atoms with E-state index in [1.807, 2.05) is 24.3 Å². The average Bonchev–Trinajstić information content (AvgIpc) is 2.50. The Morgan fingerprint density at radius 1 is 1.24 bits per heavy atom. The summed E-state index contributed by atoms with van der Waals surface area (Å²) in [5.74, 6) is 0.699. The Morgan fingerprint density at radius 3 is 2.57 bits per heavy atom. The average molecular weight is 295 g/mol. The largest absolute Gasteiger partial charge is 0.491 e. The summed E-state index contributed by atoms with van der Waals surface area (Å²) in [6, 6.07) is 7.50. The Kier molecular flexibility index (Phi) is 8.47. The summed E-state index contributed by atoms with van der Waals surface area (Å²) in [5, 5.41) is 21.5. The molecule has 0 bridgehead atoms. The number of rotatable bonds is 10. The molecule has 0 radical (unpaired) electrons. The molecule has 5 heteroatoms. The lowest BCUT2D eigenvalue weighted by Gasteiger charge is -2.13. The van der Waals surface area contributed by atoms with Gasteiger partial charge in [-0.2, -0.15) is 0 Å². The van der Waals surface area contributed by atoms with Gasteiger partial charge in [0.05, 0.1) is 12.3 Å². The zero-order valence-electron chi connectivity index (χ0n) is 12.8. The van der Waals surface area contributed by atoms with Crippen molar-refractivity contribution in [2.24, 2.45) is 5.16 Å². The highest BCUT2D eigenvalue weighted by atomic mass is 16.5. The first-order valence-corrected chi connectivity index (χ1v) is 7.30. The molecule has 21 heavy (non-hydrogen) atoms. The van der Waals surface area contributed by atoms with Crippen molar-refractivity contribution in [3.8, 4) is 5.75 Å². The monoisotopic (exact) mass is 295 g/mol. The zero-order chi connectivity index (χ0) is 15.5. The topological polar surface area (TPSA) is 71.3 Å². The van der Waals surface area contributed by atoms with Crippen LogP contribution >= 0.6 is 0 Å². The fourth-order valence-corrected chi connectivity index (χ4v) is 1.74. The van der Waals surface area contributed by atoms with Gasteiger partial charge in [0.1, 0.15) is 18.5 Å². The SMILES string of the molecule is CCCCOCC(O)COc1ccc(C/C(C)=N/O)cc1. The number of nitrogens with zero attached hydrogens (tertiary/aromatic N) is 1. The van der Waals surface area contributed by atoms with E-state index in [-0.39, 0.29) is 6.61 Å². The van der Waals surface area contributed by atoms with Gasteiger partial charge < -0.3 is 19.8 Å². The summed E-state index contributed by atoms with van der Waals surface area (Å²) in [5.41, 5.74) is 1.70. The highest BCUT2D eigenvalue weighted by Crippen LogP contribution is 2.13. The number of oxime groups is 1. The first kappa shape index (κ1) is 17.5. The smallest absolute Gasteiger partial charge is 0.119 e. The minimum absolute atomic E-state index is 0.211. The molecular formula is C16H25NO4. The molecule has 0 spiro atoms. The third-order valence-electron chi connectivity index (χ3n) is 2.95. The molecule has 0 saturated carbocycles. The van der Waals surface area contributed by atoms with E-state index >= 15 is 0 Å². The fraction of sp³-hybridized carbons (Fsp3) is 0.562. The first-order chi connectivity index (χ1) is 10.2. The van der Waals surface area contributed by atoms with Crippen molar-refractivity contribution in [3.63, 3.8) is 0 Å². The van der Waals surface area contributed by atoms with Gasteiger partial charge in [-0.05, 0) is 31.0 Å². The minimum atomic E-state index is -0.620. The third-order valence-corrected chi connectivity index (χ3v) is 2.95. The molecule has 1 rings (SSSR count). The number of aliphatic hydroxyl groups is 1. The molecule has 1 aromatic carbocycles. The number of benzene rings is 1. The van der Waals surface area contributed by atoms with Gasteiger partial charge in [0, 0.05) is 13.0 Å². The molecule has 0 heterocycles. The van der Waals surface area contributed by atoms with E-state index in [0.29, 0.717) is 31.1 Å². The van der Waals surface area contributed by atoms with E-state index in [9.17, 15) is 5.11 Å². The molecule has 2 N–H and O–H groups in total. The van der Waals surface area contributed by atoms with Crippen LogP contribution in [0.15, 0.2) is 29.4 Å². The maximum absolute atomic E-state index is 9.72. The number of ether oxygens (including phenoxy) is 2. The Morgan fingerprint density at radius 2 is 1.95 bits per heavy atom. The van der Waals surface area contributed by atoms with Crippen LogP contribution in [0.2, 0.25) is 0 Å². The van der Waals surface area contributed by atoms with Crippen molar-refractivity contribution >= 4 is 5.71 Å². The van der Waals surface area contributed by atoms with E-state index < -0.39 is 6.10 Å². The molecule has 0 amide bonds. The normalized spacial score (nSPS) is 13.2. The highest BCUT2D eigenvalue weighted by Gasteiger charge is 2.05. The molecule has 1 aromatic rings. The van der Waals surface area contributed by atoms with Crippen LogP contribution in [0.5, 0.6) is 5.75 Å². The van der Waals surface area contributed by atoms with Gasteiger partial charge in [0.2, 0.25) is 0 Å². The number of unbranched alkanes of at least 4 members (excludes halogenated alkanes) is 1. The summed E-state index contributed by atoms with van der Waals surface area (Å²) in [7, 11) is 0. The van der Waals surface area contributed by atoms with Crippen molar-refractivity contribution in [1.82, 2.24) is 0 Å². The highest BCUT2D eigenvalue weighted by molar-refractivity contribution is 5.83. The lowest BCUT2D eigenvalue weighted by atomic mass is 10.1. The number of aliphatic hydroxyl groups excluding tert-OH is 1. The molecule has 0 aliphatic rings. The molecule has 0 aromatic heterocycles. The second-order valence-electron chi connectivity index (χ2n) is 5.05. The van der Waals surface area contributed by atoms with E-state index in [2.05, 4.69) is 12.1 Å². The van der Waals surface area contributed by atoms with Crippen molar-refractivity contribution in [3.05, 3.63) is 29.8 Å². The predicted octanol–water partition coefficient (Wildman–Crippen LogP) is 2.64. The molecule has 0 aliphatic heterocycles. The number of hydrogen-bond donors (Lipinski definition) is 2. The Hall–Kier alpha value is -1.59. The Labute approximate surface area is 126 Å². The second-order valence-corrected chi connectivity index (χ2v) is 5.05.